The molecule has 5 heterocycles. The molecule has 1 aromatic carbocycles. The van der Waals surface area contributed by atoms with Crippen LogP contribution in [-0.2, 0) is 11.2 Å². The maximum Gasteiger partial charge on any atom is 0.274 e. The maximum absolute atomic E-state index is 13.5. The summed E-state index contributed by atoms with van der Waals surface area (Å²) in [4.78, 5) is 40.5. The number of fused-ring (bicyclic) bond motifs is 4. The molecule has 8 nitrogen and oxygen atoms in total. The average molecular weight is 444 g/mol. The van der Waals surface area contributed by atoms with Crippen LogP contribution in [0.3, 0.4) is 0 Å². The van der Waals surface area contributed by atoms with Crippen molar-refractivity contribution in [3.8, 4) is 0 Å². The maximum atomic E-state index is 13.5. The first kappa shape index (κ1) is 20.1. The zero-order valence-electron chi connectivity index (χ0n) is 18.7. The highest BCUT2D eigenvalue weighted by Gasteiger charge is 2.29. The van der Waals surface area contributed by atoms with Crippen LogP contribution >= 0.6 is 0 Å². The summed E-state index contributed by atoms with van der Waals surface area (Å²) < 4.78 is 7.53. The number of nitrogens with zero attached hydrogens (tertiary/aromatic N) is 4. The predicted molar refractivity (Wildman–Crippen MR) is 125 cm³/mol. The van der Waals surface area contributed by atoms with Crippen LogP contribution < -0.4 is 10.5 Å². The first-order chi connectivity index (χ1) is 16.0. The molecule has 1 fully saturated rings. The second-order valence-corrected chi connectivity index (χ2v) is 8.96. The summed E-state index contributed by atoms with van der Waals surface area (Å²) in [5.74, 6) is 1.76. The van der Waals surface area contributed by atoms with Gasteiger partial charge in [-0.25, -0.2) is 9.97 Å². The Kier molecular flexibility index (Phi) is 4.58. The predicted octanol–water partition coefficient (Wildman–Crippen LogP) is 3.28. The minimum atomic E-state index is -0.193. The Hall–Kier alpha value is -3.52. The van der Waals surface area contributed by atoms with Gasteiger partial charge >= 0.3 is 0 Å². The van der Waals surface area contributed by atoms with Gasteiger partial charge in [-0.1, -0.05) is 6.07 Å². The number of anilines is 1. The molecular formula is C25H25N5O3. The molecule has 4 aromatic rings. The van der Waals surface area contributed by atoms with Crippen molar-refractivity contribution in [2.75, 3.05) is 24.7 Å². The van der Waals surface area contributed by atoms with Crippen LogP contribution in [0.2, 0.25) is 0 Å². The van der Waals surface area contributed by atoms with Gasteiger partial charge < -0.3 is 9.72 Å². The van der Waals surface area contributed by atoms with E-state index >= 15 is 0 Å². The van der Waals surface area contributed by atoms with Crippen molar-refractivity contribution >= 4 is 28.3 Å². The molecule has 8 heteroatoms. The van der Waals surface area contributed by atoms with E-state index < -0.39 is 0 Å². The van der Waals surface area contributed by atoms with Crippen LogP contribution in [0.4, 0.5) is 5.82 Å². The Morgan fingerprint density at radius 1 is 1.21 bits per heavy atom. The molecule has 1 amide bonds. The summed E-state index contributed by atoms with van der Waals surface area (Å²) >= 11 is 0. The van der Waals surface area contributed by atoms with E-state index in [-0.39, 0.29) is 17.4 Å². The number of nitrogens with one attached hydrogen (secondary N) is 1. The third-order valence-electron chi connectivity index (χ3n) is 6.91. The van der Waals surface area contributed by atoms with Crippen LogP contribution in [0.5, 0.6) is 0 Å². The number of rotatable bonds is 2. The molecule has 0 radical (unpaired) electrons. The van der Waals surface area contributed by atoms with Gasteiger partial charge in [0.05, 0.1) is 16.7 Å². The highest BCUT2D eigenvalue weighted by molar-refractivity contribution is 6.09. The molecule has 3 aromatic heterocycles. The summed E-state index contributed by atoms with van der Waals surface area (Å²) in [5, 5.41) is 0. The lowest BCUT2D eigenvalue weighted by Gasteiger charge is -2.22. The Balaban J connectivity index is 1.52. The monoisotopic (exact) mass is 443 g/mol. The van der Waals surface area contributed by atoms with Crippen molar-refractivity contribution in [3.05, 3.63) is 69.0 Å². The van der Waals surface area contributed by atoms with Gasteiger partial charge in [-0.2, -0.15) is 0 Å². The zero-order chi connectivity index (χ0) is 22.7. The number of H-pyrrole nitrogens is 1. The third kappa shape index (κ3) is 3.08. The number of ether oxygens (including phenoxy) is 1. The lowest BCUT2D eigenvalue weighted by molar-refractivity contribution is 0.0835. The van der Waals surface area contributed by atoms with E-state index in [0.29, 0.717) is 36.4 Å². The first-order valence-corrected chi connectivity index (χ1v) is 11.4. The van der Waals surface area contributed by atoms with Gasteiger partial charge in [0.25, 0.3) is 11.5 Å². The zero-order valence-corrected chi connectivity index (χ0v) is 18.7. The highest BCUT2D eigenvalue weighted by atomic mass is 16.5. The molecule has 0 spiro atoms. The SMILES string of the molecule is Cc1cc2c(cc1C(=O)N1CCc3cccnc31)[nH]c(=O)c1c(C)nc(C3CCOCC3)n12. The number of imidazole rings is 1. The van der Waals surface area contributed by atoms with Gasteiger partial charge in [-0.15, -0.1) is 0 Å². The lowest BCUT2D eigenvalue weighted by Crippen LogP contribution is -2.30. The van der Waals surface area contributed by atoms with E-state index in [0.717, 1.165) is 53.2 Å². The van der Waals surface area contributed by atoms with Crippen LogP contribution in [0.15, 0.2) is 35.3 Å². The summed E-state index contributed by atoms with van der Waals surface area (Å²) in [6, 6.07) is 7.70. The van der Waals surface area contributed by atoms with Crippen LogP contribution in [0.25, 0.3) is 16.6 Å². The quantitative estimate of drug-likeness (QED) is 0.513. The smallest absolute Gasteiger partial charge is 0.274 e. The molecule has 0 bridgehead atoms. The summed E-state index contributed by atoms with van der Waals surface area (Å²) in [6.45, 7) is 5.82. The van der Waals surface area contributed by atoms with Gasteiger partial charge in [0, 0.05) is 37.4 Å². The average Bonchev–Trinajstić information content (AvgIpc) is 3.41. The van der Waals surface area contributed by atoms with Crippen molar-refractivity contribution in [3.63, 3.8) is 0 Å². The minimum absolute atomic E-state index is 0.0979. The summed E-state index contributed by atoms with van der Waals surface area (Å²) in [5.41, 5.74) is 5.09. The van der Waals surface area contributed by atoms with E-state index in [1.165, 1.54) is 0 Å². The highest BCUT2D eigenvalue weighted by Crippen LogP contribution is 2.31. The molecule has 33 heavy (non-hydrogen) atoms. The molecule has 2 aliphatic heterocycles. The van der Waals surface area contributed by atoms with E-state index in [9.17, 15) is 9.59 Å². The van der Waals surface area contributed by atoms with Crippen LogP contribution in [-0.4, -0.2) is 45.0 Å². The molecule has 6 rings (SSSR count). The van der Waals surface area contributed by atoms with Crippen molar-refractivity contribution in [1.82, 2.24) is 19.4 Å². The topological polar surface area (TPSA) is 92.6 Å². The van der Waals surface area contributed by atoms with Gasteiger partial charge in [0.2, 0.25) is 0 Å². The normalized spacial score (nSPS) is 16.6. The first-order valence-electron chi connectivity index (χ1n) is 11.4. The number of hydrogen-bond donors (Lipinski definition) is 1. The van der Waals surface area contributed by atoms with E-state index in [1.807, 2.05) is 36.4 Å². The fraction of sp³-hybridized carbons (Fsp3) is 0.360. The van der Waals surface area contributed by atoms with Gasteiger partial charge in [-0.3, -0.25) is 18.9 Å². The van der Waals surface area contributed by atoms with Crippen molar-refractivity contribution in [1.29, 1.82) is 0 Å². The Morgan fingerprint density at radius 3 is 2.85 bits per heavy atom. The molecule has 2 aliphatic rings. The number of pyridine rings is 1. The number of hydrogen-bond acceptors (Lipinski definition) is 5. The largest absolute Gasteiger partial charge is 0.381 e. The molecule has 0 atom stereocenters. The molecule has 0 unspecified atom stereocenters. The minimum Gasteiger partial charge on any atom is -0.381 e. The van der Waals surface area contributed by atoms with Crippen molar-refractivity contribution < 1.29 is 9.53 Å². The van der Waals surface area contributed by atoms with Crippen LogP contribution in [0, 0.1) is 13.8 Å². The number of amides is 1. The van der Waals surface area contributed by atoms with Gasteiger partial charge in [-0.05, 0) is 62.4 Å². The number of carbonyl (C=O) groups excluding carboxylic acids is 1. The lowest BCUT2D eigenvalue weighted by atomic mass is 9.99. The van der Waals surface area contributed by atoms with E-state index in [4.69, 9.17) is 9.72 Å². The van der Waals surface area contributed by atoms with Gasteiger partial charge in [0.1, 0.15) is 17.2 Å². The molecule has 0 saturated carbocycles. The third-order valence-corrected chi connectivity index (χ3v) is 6.91. The fourth-order valence-electron chi connectivity index (χ4n) is 5.23. The Bertz CT molecular complexity index is 1480. The number of benzene rings is 1. The van der Waals surface area contributed by atoms with E-state index in [1.54, 1.807) is 17.2 Å². The molecular weight excluding hydrogens is 418 g/mol. The van der Waals surface area contributed by atoms with Crippen molar-refractivity contribution in [2.45, 2.75) is 39.0 Å². The second kappa shape index (κ2) is 7.52. The Labute approximate surface area is 190 Å². The summed E-state index contributed by atoms with van der Waals surface area (Å²) in [6.07, 6.45) is 4.26. The molecule has 1 N–H and O–H groups in total. The number of aryl methyl sites for hydroxylation is 2. The molecule has 0 aliphatic carbocycles. The second-order valence-electron chi connectivity index (χ2n) is 8.96. The van der Waals surface area contributed by atoms with Crippen LogP contribution in [0.1, 0.15) is 51.8 Å². The van der Waals surface area contributed by atoms with E-state index in [2.05, 4.69) is 9.97 Å². The summed E-state index contributed by atoms with van der Waals surface area (Å²) in [7, 11) is 0. The van der Waals surface area contributed by atoms with Crippen molar-refractivity contribution in [2.24, 2.45) is 0 Å². The Morgan fingerprint density at radius 2 is 2.03 bits per heavy atom. The molecule has 1 saturated heterocycles. The molecule has 168 valence electrons. The standard InChI is InChI=1S/C25H25N5O3/c1-14-12-20-19(13-18(14)25(32)29-9-5-16-4-3-8-26-22(16)29)28-24(31)21-15(2)27-23(30(20)21)17-6-10-33-11-7-17/h3-4,8,12-13,17H,5-7,9-11H2,1-2H3,(H,28,31). The van der Waals surface area contributed by atoms with Gasteiger partial charge in [0.15, 0.2) is 0 Å². The number of aromatic amines is 1. The number of aromatic nitrogens is 4. The number of carbonyl (C=O) groups is 1. The fourth-order valence-corrected chi connectivity index (χ4v) is 5.23.